The molecule has 5 heteroatoms. The molecular weight excluding hydrogens is 254 g/mol. The lowest BCUT2D eigenvalue weighted by Gasteiger charge is -2.25. The second-order valence-electron chi connectivity index (χ2n) is 3.40. The third-order valence-corrected chi connectivity index (χ3v) is 5.46. The van der Waals surface area contributed by atoms with Crippen molar-refractivity contribution in [3.05, 3.63) is 30.3 Å². The van der Waals surface area contributed by atoms with Crippen LogP contribution in [0.2, 0.25) is 0 Å². The molecule has 0 aliphatic rings. The molecule has 92 valence electrons. The van der Waals surface area contributed by atoms with Gasteiger partial charge in [-0.05, 0) is 31.6 Å². The van der Waals surface area contributed by atoms with Gasteiger partial charge in [0.1, 0.15) is 0 Å². The van der Waals surface area contributed by atoms with E-state index in [1.165, 1.54) is 30.4 Å². The number of para-hydroxylation sites is 1. The minimum Gasteiger partial charge on any atom is -0.324 e. The maximum absolute atomic E-state index is 12.2. The molecule has 1 aromatic carbocycles. The van der Waals surface area contributed by atoms with Crippen LogP contribution in [0.5, 0.6) is 0 Å². The van der Waals surface area contributed by atoms with Gasteiger partial charge in [-0.25, -0.2) is 0 Å². The topological polar surface area (TPSA) is 46.2 Å². The Hall–Kier alpha value is -0.940. The molecule has 1 aromatic rings. The predicted molar refractivity (Wildman–Crippen MR) is 75.5 cm³/mol. The van der Waals surface area contributed by atoms with Crippen molar-refractivity contribution >= 4 is 40.9 Å². The predicted octanol–water partition coefficient (Wildman–Crippen LogP) is 2.64. The number of anilines is 1. The van der Waals surface area contributed by atoms with Crippen LogP contribution in [-0.4, -0.2) is 28.3 Å². The number of thioether (sulfide) groups is 2. The summed E-state index contributed by atoms with van der Waals surface area (Å²) in [5.41, 5.74) is 0.700. The second-order valence-corrected chi connectivity index (χ2v) is 5.70. The van der Waals surface area contributed by atoms with Crippen molar-refractivity contribution in [2.24, 2.45) is 0 Å². The summed E-state index contributed by atoms with van der Waals surface area (Å²) in [4.78, 5) is 23.8. The Morgan fingerprint density at radius 1 is 1.12 bits per heavy atom. The minimum absolute atomic E-state index is 0.147. The Morgan fingerprint density at radius 3 is 2.06 bits per heavy atom. The Labute approximate surface area is 110 Å². The zero-order valence-electron chi connectivity index (χ0n) is 10.0. The van der Waals surface area contributed by atoms with Gasteiger partial charge in [-0.2, -0.15) is 0 Å². The SMILES string of the molecule is CSC(SC)(C(C)=O)C(=O)Nc1ccccc1. The maximum Gasteiger partial charge on any atom is 0.258 e. The van der Waals surface area contributed by atoms with Gasteiger partial charge in [0, 0.05) is 5.69 Å². The van der Waals surface area contributed by atoms with Crippen molar-refractivity contribution in [1.82, 2.24) is 0 Å². The van der Waals surface area contributed by atoms with Crippen LogP contribution in [0.1, 0.15) is 6.92 Å². The lowest BCUT2D eigenvalue weighted by Crippen LogP contribution is -2.42. The normalized spacial score (nSPS) is 11.0. The van der Waals surface area contributed by atoms with Gasteiger partial charge in [0.05, 0.1) is 0 Å². The molecule has 1 amide bonds. The number of carbonyl (C=O) groups excluding carboxylic acids is 2. The molecule has 0 unspecified atom stereocenters. The Kier molecular flexibility index (Phi) is 5.08. The zero-order chi connectivity index (χ0) is 12.9. The molecule has 17 heavy (non-hydrogen) atoms. The average Bonchev–Trinajstić information content (AvgIpc) is 2.32. The van der Waals surface area contributed by atoms with Crippen LogP contribution in [0.3, 0.4) is 0 Å². The molecule has 0 aliphatic heterocycles. The van der Waals surface area contributed by atoms with Crippen molar-refractivity contribution in [1.29, 1.82) is 0 Å². The maximum atomic E-state index is 12.2. The van der Waals surface area contributed by atoms with Gasteiger partial charge >= 0.3 is 0 Å². The van der Waals surface area contributed by atoms with Gasteiger partial charge in [-0.3, -0.25) is 9.59 Å². The first-order valence-electron chi connectivity index (χ1n) is 5.04. The van der Waals surface area contributed by atoms with Crippen molar-refractivity contribution in [2.45, 2.75) is 11.0 Å². The van der Waals surface area contributed by atoms with Crippen molar-refractivity contribution < 1.29 is 9.59 Å². The third kappa shape index (κ3) is 3.04. The second kappa shape index (κ2) is 6.12. The molecule has 1 N–H and O–H groups in total. The average molecular weight is 269 g/mol. The third-order valence-electron chi connectivity index (χ3n) is 2.37. The number of Topliss-reactive ketones (excluding diaryl/α,β-unsaturated/α-hetero) is 1. The quantitative estimate of drug-likeness (QED) is 0.659. The number of hydrogen-bond donors (Lipinski definition) is 1. The molecule has 3 nitrogen and oxygen atoms in total. The number of benzene rings is 1. The zero-order valence-corrected chi connectivity index (χ0v) is 11.7. The van der Waals surface area contributed by atoms with Crippen LogP contribution < -0.4 is 5.32 Å². The number of ketones is 1. The first kappa shape index (κ1) is 14.1. The highest BCUT2D eigenvalue weighted by Crippen LogP contribution is 2.36. The van der Waals surface area contributed by atoms with E-state index in [0.29, 0.717) is 5.69 Å². The van der Waals surface area contributed by atoms with E-state index >= 15 is 0 Å². The largest absolute Gasteiger partial charge is 0.324 e. The molecule has 0 aliphatic carbocycles. The molecule has 0 saturated heterocycles. The standard InChI is InChI=1S/C12H15NO2S2/c1-9(14)12(16-2,17-3)11(15)13-10-7-5-4-6-8-10/h4-8H,1-3H3,(H,13,15). The number of amides is 1. The molecule has 0 spiro atoms. The van der Waals surface area contributed by atoms with Crippen LogP contribution >= 0.6 is 23.5 Å². The number of carbonyl (C=O) groups is 2. The van der Waals surface area contributed by atoms with Crippen LogP contribution in [0.15, 0.2) is 30.3 Å². The van der Waals surface area contributed by atoms with Crippen LogP contribution in [0.4, 0.5) is 5.69 Å². The summed E-state index contributed by atoms with van der Waals surface area (Å²) < 4.78 is -1.06. The number of hydrogen-bond acceptors (Lipinski definition) is 4. The van der Waals surface area contributed by atoms with Gasteiger partial charge in [0.2, 0.25) is 0 Å². The summed E-state index contributed by atoms with van der Waals surface area (Å²) >= 11 is 2.51. The van der Waals surface area contributed by atoms with Crippen molar-refractivity contribution in [3.8, 4) is 0 Å². The van der Waals surface area contributed by atoms with Gasteiger partial charge < -0.3 is 5.32 Å². The van der Waals surface area contributed by atoms with E-state index in [2.05, 4.69) is 5.32 Å². The Morgan fingerprint density at radius 2 is 1.65 bits per heavy atom. The fraction of sp³-hybridized carbons (Fsp3) is 0.333. The van der Waals surface area contributed by atoms with Gasteiger partial charge in [0.15, 0.2) is 9.86 Å². The van der Waals surface area contributed by atoms with E-state index in [-0.39, 0.29) is 11.7 Å². The molecule has 0 atom stereocenters. The van der Waals surface area contributed by atoms with E-state index in [1.807, 2.05) is 18.2 Å². The van der Waals surface area contributed by atoms with Crippen molar-refractivity contribution in [2.75, 3.05) is 17.8 Å². The first-order valence-corrected chi connectivity index (χ1v) is 7.49. The van der Waals surface area contributed by atoms with Gasteiger partial charge in [-0.15, -0.1) is 23.5 Å². The highest BCUT2D eigenvalue weighted by atomic mass is 32.2. The van der Waals surface area contributed by atoms with Crippen LogP contribution in [0.25, 0.3) is 0 Å². The summed E-state index contributed by atoms with van der Waals surface area (Å²) in [6.07, 6.45) is 3.53. The van der Waals surface area contributed by atoms with E-state index < -0.39 is 4.08 Å². The minimum atomic E-state index is -1.06. The monoisotopic (exact) mass is 269 g/mol. The summed E-state index contributed by atoms with van der Waals surface area (Å²) in [6.45, 7) is 1.44. The molecule has 1 rings (SSSR count). The summed E-state index contributed by atoms with van der Waals surface area (Å²) in [5, 5.41) is 2.76. The molecule has 0 heterocycles. The molecule has 0 fully saturated rings. The lowest BCUT2D eigenvalue weighted by molar-refractivity contribution is -0.124. The summed E-state index contributed by atoms with van der Waals surface area (Å²) in [7, 11) is 0. The fourth-order valence-corrected chi connectivity index (χ4v) is 3.17. The Balaban J connectivity index is 2.91. The van der Waals surface area contributed by atoms with Crippen LogP contribution in [-0.2, 0) is 9.59 Å². The smallest absolute Gasteiger partial charge is 0.258 e. The van der Waals surface area contributed by atoms with Gasteiger partial charge in [-0.1, -0.05) is 18.2 Å². The van der Waals surface area contributed by atoms with E-state index in [1.54, 1.807) is 24.6 Å². The van der Waals surface area contributed by atoms with Gasteiger partial charge in [0.25, 0.3) is 5.91 Å². The molecular formula is C12H15NO2S2. The lowest BCUT2D eigenvalue weighted by atomic mass is 10.2. The molecule has 0 aromatic heterocycles. The van der Waals surface area contributed by atoms with Crippen LogP contribution in [0, 0.1) is 0 Å². The number of rotatable bonds is 5. The highest BCUT2D eigenvalue weighted by molar-refractivity contribution is 8.20. The van der Waals surface area contributed by atoms with Crippen molar-refractivity contribution in [3.63, 3.8) is 0 Å². The van der Waals surface area contributed by atoms with E-state index in [9.17, 15) is 9.59 Å². The first-order chi connectivity index (χ1) is 8.06. The Bertz CT molecular complexity index is 402. The summed E-state index contributed by atoms with van der Waals surface area (Å²) in [5.74, 6) is -0.429. The molecule has 0 bridgehead atoms. The highest BCUT2D eigenvalue weighted by Gasteiger charge is 2.42. The number of nitrogens with one attached hydrogen (secondary N) is 1. The molecule has 0 saturated carbocycles. The fourth-order valence-electron chi connectivity index (χ4n) is 1.45. The van der Waals surface area contributed by atoms with E-state index in [0.717, 1.165) is 0 Å². The van der Waals surface area contributed by atoms with E-state index in [4.69, 9.17) is 0 Å². The molecule has 0 radical (unpaired) electrons. The summed E-state index contributed by atoms with van der Waals surface area (Å²) in [6, 6.07) is 9.14.